The number of thiophene rings is 1. The number of nitrogens with zero attached hydrogens (tertiary/aromatic N) is 3. The van der Waals surface area contributed by atoms with Crippen LogP contribution in [0.25, 0.3) is 92.7 Å². The zero-order valence-corrected chi connectivity index (χ0v) is 27.8. The Morgan fingerprint density at radius 3 is 1.68 bits per heavy atom. The molecule has 0 spiro atoms. The maximum absolute atomic E-state index is 5.40. The summed E-state index contributed by atoms with van der Waals surface area (Å²) in [6.07, 6.45) is 0. The molecule has 3 aromatic heterocycles. The van der Waals surface area contributed by atoms with Gasteiger partial charge in [-0.1, -0.05) is 133 Å². The van der Waals surface area contributed by atoms with Gasteiger partial charge in [0, 0.05) is 43.1 Å². The number of para-hydroxylation sites is 2. The minimum Gasteiger partial charge on any atom is -0.309 e. The fourth-order valence-corrected chi connectivity index (χ4v) is 8.38. The van der Waals surface area contributed by atoms with Crippen molar-refractivity contribution in [1.82, 2.24) is 14.5 Å². The van der Waals surface area contributed by atoms with E-state index in [0.29, 0.717) is 0 Å². The summed E-state index contributed by atoms with van der Waals surface area (Å²) in [6.45, 7) is 0. The third kappa shape index (κ3) is 4.73. The summed E-state index contributed by atoms with van der Waals surface area (Å²) in [5.74, 6) is 0.721. The zero-order chi connectivity index (χ0) is 33.0. The van der Waals surface area contributed by atoms with Crippen LogP contribution < -0.4 is 0 Å². The highest BCUT2D eigenvalue weighted by Crippen LogP contribution is 2.41. The molecule has 0 saturated carbocycles. The van der Waals surface area contributed by atoms with E-state index in [0.717, 1.165) is 44.1 Å². The van der Waals surface area contributed by atoms with Gasteiger partial charge in [0.05, 0.1) is 16.7 Å². The van der Waals surface area contributed by atoms with E-state index in [2.05, 4.69) is 180 Å². The Labute approximate surface area is 293 Å². The Balaban J connectivity index is 1.15. The lowest BCUT2D eigenvalue weighted by molar-refractivity contribution is 1.17. The maximum Gasteiger partial charge on any atom is 0.161 e. The number of hydrogen-bond acceptors (Lipinski definition) is 3. The van der Waals surface area contributed by atoms with Gasteiger partial charge < -0.3 is 4.57 Å². The first-order valence-electron chi connectivity index (χ1n) is 16.8. The van der Waals surface area contributed by atoms with E-state index in [1.54, 1.807) is 11.3 Å². The van der Waals surface area contributed by atoms with Gasteiger partial charge in [0.1, 0.15) is 4.83 Å². The third-order valence-corrected chi connectivity index (χ3v) is 10.7. The minimum absolute atomic E-state index is 0.721. The molecule has 0 bridgehead atoms. The average molecular weight is 656 g/mol. The molecule has 0 amide bonds. The predicted molar refractivity (Wildman–Crippen MR) is 211 cm³/mol. The normalized spacial score (nSPS) is 11.6. The van der Waals surface area contributed by atoms with Crippen molar-refractivity contribution in [2.75, 3.05) is 0 Å². The van der Waals surface area contributed by atoms with Crippen molar-refractivity contribution >= 4 is 53.4 Å². The molecule has 0 aliphatic heterocycles. The number of benzene rings is 7. The highest BCUT2D eigenvalue weighted by atomic mass is 32.1. The largest absolute Gasteiger partial charge is 0.309 e. The van der Waals surface area contributed by atoms with Crippen molar-refractivity contribution < 1.29 is 0 Å². The fourth-order valence-electron chi connectivity index (χ4n) is 7.30. The summed E-state index contributed by atoms with van der Waals surface area (Å²) in [5, 5.41) is 4.77. The van der Waals surface area contributed by atoms with Crippen LogP contribution in [0.3, 0.4) is 0 Å². The first kappa shape index (κ1) is 28.6. The topological polar surface area (TPSA) is 30.7 Å². The Morgan fingerprint density at radius 2 is 0.940 bits per heavy atom. The molecule has 0 saturated heterocycles. The van der Waals surface area contributed by atoms with Crippen molar-refractivity contribution in [2.24, 2.45) is 0 Å². The lowest BCUT2D eigenvalue weighted by Crippen LogP contribution is -1.97. The Bertz CT molecular complexity index is 2830. The summed E-state index contributed by atoms with van der Waals surface area (Å²) < 4.78 is 3.56. The van der Waals surface area contributed by atoms with Gasteiger partial charge in [-0.05, 0) is 64.7 Å². The summed E-state index contributed by atoms with van der Waals surface area (Å²) in [4.78, 5) is 11.6. The molecule has 7 aromatic carbocycles. The van der Waals surface area contributed by atoms with Gasteiger partial charge in [-0.3, -0.25) is 0 Å². The predicted octanol–water partition coefficient (Wildman–Crippen LogP) is 12.6. The van der Waals surface area contributed by atoms with Crippen molar-refractivity contribution in [3.63, 3.8) is 0 Å². The molecule has 0 atom stereocenters. The maximum atomic E-state index is 5.40. The van der Waals surface area contributed by atoms with Gasteiger partial charge in [0.15, 0.2) is 5.82 Å². The van der Waals surface area contributed by atoms with Crippen LogP contribution >= 0.6 is 11.3 Å². The van der Waals surface area contributed by atoms with Crippen LogP contribution in [0.4, 0.5) is 0 Å². The van der Waals surface area contributed by atoms with Crippen molar-refractivity contribution in [2.45, 2.75) is 0 Å². The highest BCUT2D eigenvalue weighted by Gasteiger charge is 2.18. The molecule has 4 heteroatoms. The number of hydrogen-bond donors (Lipinski definition) is 0. The minimum atomic E-state index is 0.721. The molecule has 0 N–H and O–H groups in total. The smallest absolute Gasteiger partial charge is 0.161 e. The SMILES string of the molecule is c1ccc(-c2cccc(-c3cccc(-c4nc(-c5cccc(-n6c7ccccc7c7ccccc76)c5)nc5sc6ccccc6c45)c3)c2)cc1. The van der Waals surface area contributed by atoms with Crippen LogP contribution in [0.15, 0.2) is 176 Å². The second kappa shape index (κ2) is 11.7. The van der Waals surface area contributed by atoms with Crippen LogP contribution in [0.1, 0.15) is 0 Å². The highest BCUT2D eigenvalue weighted by molar-refractivity contribution is 7.25. The van der Waals surface area contributed by atoms with E-state index >= 15 is 0 Å². The molecule has 0 fully saturated rings. The van der Waals surface area contributed by atoms with Gasteiger partial charge in [0.2, 0.25) is 0 Å². The molecular weight excluding hydrogens is 627 g/mol. The van der Waals surface area contributed by atoms with Crippen LogP contribution in [-0.4, -0.2) is 14.5 Å². The molecule has 50 heavy (non-hydrogen) atoms. The Hall–Kier alpha value is -6.36. The lowest BCUT2D eigenvalue weighted by Gasteiger charge is -2.12. The summed E-state index contributed by atoms with van der Waals surface area (Å²) in [7, 11) is 0. The van der Waals surface area contributed by atoms with E-state index < -0.39 is 0 Å². The summed E-state index contributed by atoms with van der Waals surface area (Å²) >= 11 is 1.73. The standard InChI is InChI=1S/C46H29N3S/c1-2-13-30(14-3-1)31-15-10-16-32(27-31)33-17-11-18-34(28-33)44-43-39-23-6-9-26-42(39)50-46(43)48-45(47-44)35-19-12-20-36(29-35)49-40-24-7-4-21-37(40)38-22-5-8-25-41(38)49/h1-29H. The average Bonchev–Trinajstić information content (AvgIpc) is 3.74. The van der Waals surface area contributed by atoms with Crippen molar-refractivity contribution in [3.05, 3.63) is 176 Å². The third-order valence-electron chi connectivity index (χ3n) is 9.62. The first-order valence-corrected chi connectivity index (χ1v) is 17.6. The molecule has 10 aromatic rings. The second-order valence-corrected chi connectivity index (χ2v) is 13.7. The van der Waals surface area contributed by atoms with Gasteiger partial charge >= 0.3 is 0 Å². The van der Waals surface area contributed by atoms with Gasteiger partial charge in [-0.25, -0.2) is 9.97 Å². The summed E-state index contributed by atoms with van der Waals surface area (Å²) in [6, 6.07) is 62.6. The fraction of sp³-hybridized carbons (Fsp3) is 0. The molecule has 0 radical (unpaired) electrons. The van der Waals surface area contributed by atoms with Crippen molar-refractivity contribution in [3.8, 4) is 50.6 Å². The van der Waals surface area contributed by atoms with E-state index in [9.17, 15) is 0 Å². The molecule has 3 heterocycles. The zero-order valence-electron chi connectivity index (χ0n) is 27.0. The quantitative estimate of drug-likeness (QED) is 0.185. The molecule has 10 rings (SSSR count). The molecule has 3 nitrogen and oxygen atoms in total. The number of aromatic nitrogens is 3. The Kier molecular flexibility index (Phi) is 6.68. The van der Waals surface area contributed by atoms with Gasteiger partial charge in [-0.15, -0.1) is 11.3 Å². The molecule has 0 unspecified atom stereocenters. The van der Waals surface area contributed by atoms with E-state index in [1.807, 2.05) is 0 Å². The number of rotatable bonds is 5. The molecular formula is C46H29N3S. The first-order chi connectivity index (χ1) is 24.8. The van der Waals surface area contributed by atoms with E-state index in [4.69, 9.17) is 9.97 Å². The van der Waals surface area contributed by atoms with Crippen molar-refractivity contribution in [1.29, 1.82) is 0 Å². The van der Waals surface area contributed by atoms with Crippen LogP contribution in [-0.2, 0) is 0 Å². The number of fused-ring (bicyclic) bond motifs is 6. The monoisotopic (exact) mass is 655 g/mol. The van der Waals surface area contributed by atoms with E-state index in [1.165, 1.54) is 48.6 Å². The second-order valence-electron chi connectivity index (χ2n) is 12.6. The molecule has 0 aliphatic carbocycles. The van der Waals surface area contributed by atoms with Crippen LogP contribution in [0.5, 0.6) is 0 Å². The van der Waals surface area contributed by atoms with E-state index in [-0.39, 0.29) is 0 Å². The molecule has 0 aliphatic rings. The van der Waals surface area contributed by atoms with Crippen LogP contribution in [0.2, 0.25) is 0 Å². The molecule has 234 valence electrons. The summed E-state index contributed by atoms with van der Waals surface area (Å²) in [5.41, 5.74) is 11.2. The van der Waals surface area contributed by atoms with Gasteiger partial charge in [0.25, 0.3) is 0 Å². The Morgan fingerprint density at radius 1 is 0.400 bits per heavy atom. The van der Waals surface area contributed by atoms with Gasteiger partial charge in [-0.2, -0.15) is 0 Å². The lowest BCUT2D eigenvalue weighted by atomic mass is 9.96. The van der Waals surface area contributed by atoms with Crippen LogP contribution in [0, 0.1) is 0 Å².